The first-order valence-corrected chi connectivity index (χ1v) is 9.10. The van der Waals surface area contributed by atoms with Crippen LogP contribution in [0.1, 0.15) is 24.4 Å². The normalized spacial score (nSPS) is 21.3. The summed E-state index contributed by atoms with van der Waals surface area (Å²) in [5.41, 5.74) is 1.18. The zero-order valence-electron chi connectivity index (χ0n) is 12.5. The maximum atomic E-state index is 12.5. The quantitative estimate of drug-likeness (QED) is 0.873. The summed E-state index contributed by atoms with van der Waals surface area (Å²) in [6.07, 6.45) is 2.63. The fraction of sp³-hybridized carbons (Fsp3) is 0.562. The summed E-state index contributed by atoms with van der Waals surface area (Å²) in [5, 5.41) is 4.05. The molecule has 1 aliphatic carbocycles. The van der Waals surface area contributed by atoms with Crippen molar-refractivity contribution in [3.8, 4) is 0 Å². The van der Waals surface area contributed by atoms with E-state index in [0.717, 1.165) is 35.5 Å². The van der Waals surface area contributed by atoms with E-state index in [1.807, 2.05) is 40.9 Å². The summed E-state index contributed by atoms with van der Waals surface area (Å²) in [6, 6.07) is 8.07. The predicted molar refractivity (Wildman–Crippen MR) is 96.1 cm³/mol. The van der Waals surface area contributed by atoms with Crippen LogP contribution in [0.4, 0.5) is 0 Å². The molecule has 122 valence electrons. The maximum Gasteiger partial charge on any atom is 0.237 e. The molecule has 3 nitrogen and oxygen atoms in total. The van der Waals surface area contributed by atoms with Crippen LogP contribution >= 0.6 is 35.8 Å². The van der Waals surface area contributed by atoms with Gasteiger partial charge in [-0.1, -0.05) is 23.7 Å². The topological polar surface area (TPSA) is 32.3 Å². The lowest BCUT2D eigenvalue weighted by Crippen LogP contribution is -2.45. The first kappa shape index (κ1) is 17.9. The van der Waals surface area contributed by atoms with Gasteiger partial charge >= 0.3 is 0 Å². The third-order valence-electron chi connectivity index (χ3n) is 4.11. The van der Waals surface area contributed by atoms with Gasteiger partial charge in [-0.05, 0) is 43.0 Å². The Morgan fingerprint density at radius 3 is 2.73 bits per heavy atom. The van der Waals surface area contributed by atoms with E-state index in [4.69, 9.17) is 11.6 Å². The summed E-state index contributed by atoms with van der Waals surface area (Å²) in [6.45, 7) is 2.28. The second-order valence-corrected chi connectivity index (χ2v) is 7.39. The third-order valence-corrected chi connectivity index (χ3v) is 5.38. The Hall–Kier alpha value is -0.420. The minimum absolute atomic E-state index is 0. The molecule has 2 aliphatic rings. The second-order valence-electron chi connectivity index (χ2n) is 5.80. The van der Waals surface area contributed by atoms with Gasteiger partial charge in [-0.15, -0.1) is 12.4 Å². The van der Waals surface area contributed by atoms with Gasteiger partial charge in [0.05, 0.1) is 12.6 Å². The number of benzene rings is 1. The molecule has 0 spiro atoms. The van der Waals surface area contributed by atoms with Crippen molar-refractivity contribution in [2.45, 2.75) is 18.9 Å². The molecule has 6 heteroatoms. The van der Waals surface area contributed by atoms with Crippen LogP contribution in [0.3, 0.4) is 0 Å². The number of hydrogen-bond acceptors (Lipinski definition) is 3. The molecule has 1 aromatic carbocycles. The van der Waals surface area contributed by atoms with Crippen molar-refractivity contribution in [2.24, 2.45) is 5.92 Å². The Morgan fingerprint density at radius 1 is 1.32 bits per heavy atom. The zero-order valence-corrected chi connectivity index (χ0v) is 14.9. The summed E-state index contributed by atoms with van der Waals surface area (Å²) in [5.74, 6) is 3.02. The van der Waals surface area contributed by atoms with Gasteiger partial charge in [0.25, 0.3) is 0 Å². The van der Waals surface area contributed by atoms with Crippen molar-refractivity contribution in [3.63, 3.8) is 0 Å². The molecule has 1 aliphatic heterocycles. The monoisotopic (exact) mass is 360 g/mol. The average Bonchev–Trinajstić information content (AvgIpc) is 3.32. The Balaban J connectivity index is 0.00000176. The highest BCUT2D eigenvalue weighted by Gasteiger charge is 2.28. The van der Waals surface area contributed by atoms with Gasteiger partial charge in [0.15, 0.2) is 0 Å². The number of carbonyl (C=O) groups is 1. The van der Waals surface area contributed by atoms with Crippen molar-refractivity contribution in [1.82, 2.24) is 10.2 Å². The summed E-state index contributed by atoms with van der Waals surface area (Å²) in [7, 11) is 0. The fourth-order valence-corrected chi connectivity index (χ4v) is 3.88. The first-order chi connectivity index (χ1) is 10.2. The molecule has 2 fully saturated rings. The second kappa shape index (κ2) is 8.44. The molecular formula is C16H22Cl2N2OS. The van der Waals surface area contributed by atoms with Crippen molar-refractivity contribution in [2.75, 3.05) is 31.1 Å². The first-order valence-electron chi connectivity index (χ1n) is 7.57. The molecule has 0 aromatic heterocycles. The Morgan fingerprint density at radius 2 is 2.05 bits per heavy atom. The number of rotatable bonds is 5. The predicted octanol–water partition coefficient (Wildman–Crippen LogP) is 3.38. The largest absolute Gasteiger partial charge is 0.333 e. The molecule has 3 rings (SSSR count). The van der Waals surface area contributed by atoms with Gasteiger partial charge in [-0.2, -0.15) is 11.8 Å². The molecule has 22 heavy (non-hydrogen) atoms. The molecule has 1 saturated heterocycles. The molecule has 0 bridgehead atoms. The smallest absolute Gasteiger partial charge is 0.237 e. The van der Waals surface area contributed by atoms with E-state index in [2.05, 4.69) is 5.32 Å². The van der Waals surface area contributed by atoms with Crippen molar-refractivity contribution >= 4 is 41.7 Å². The number of carbonyl (C=O) groups excluding carboxylic acids is 1. The fourth-order valence-electron chi connectivity index (χ4n) is 2.67. The van der Waals surface area contributed by atoms with E-state index >= 15 is 0 Å². The van der Waals surface area contributed by atoms with Gasteiger partial charge in [0.2, 0.25) is 5.91 Å². The van der Waals surface area contributed by atoms with Crippen molar-refractivity contribution in [1.29, 1.82) is 0 Å². The lowest BCUT2D eigenvalue weighted by atomic mass is 10.1. The average molecular weight is 361 g/mol. The molecule has 1 atom stereocenters. The summed E-state index contributed by atoms with van der Waals surface area (Å²) < 4.78 is 0. The van der Waals surface area contributed by atoms with Crippen LogP contribution < -0.4 is 5.32 Å². The van der Waals surface area contributed by atoms with E-state index in [-0.39, 0.29) is 24.4 Å². The molecule has 1 N–H and O–H groups in total. The molecule has 0 radical (unpaired) electrons. The molecule has 1 saturated carbocycles. The Bertz CT molecular complexity index is 493. The number of nitrogens with zero attached hydrogens (tertiary/aromatic N) is 1. The number of hydrogen-bond donors (Lipinski definition) is 1. The molecule has 1 unspecified atom stereocenters. The number of halogens is 2. The molecule has 1 amide bonds. The number of thioether (sulfide) groups is 1. The highest BCUT2D eigenvalue weighted by molar-refractivity contribution is 7.99. The third kappa shape index (κ3) is 4.79. The van der Waals surface area contributed by atoms with Crippen LogP contribution in [0, 0.1) is 5.92 Å². The summed E-state index contributed by atoms with van der Waals surface area (Å²) in [4.78, 5) is 14.5. The minimum atomic E-state index is 0. The highest BCUT2D eigenvalue weighted by atomic mass is 35.5. The highest BCUT2D eigenvalue weighted by Crippen LogP contribution is 2.30. The lowest BCUT2D eigenvalue weighted by molar-refractivity contribution is -0.132. The minimum Gasteiger partial charge on any atom is -0.333 e. The number of nitrogens with one attached hydrogen (secondary N) is 1. The van der Waals surface area contributed by atoms with Crippen molar-refractivity contribution < 1.29 is 4.79 Å². The van der Waals surface area contributed by atoms with E-state index in [1.54, 1.807) is 0 Å². The van der Waals surface area contributed by atoms with Gasteiger partial charge in [0, 0.05) is 23.1 Å². The standard InChI is InChI=1S/C16H21ClN2OS.ClH/c17-14-5-3-13(4-6-14)15-11-21-8-7-19(15)16(20)10-18-9-12-1-2-12;/h3-6,12,15,18H,1-2,7-11H2;1H. The molecular weight excluding hydrogens is 339 g/mol. The van der Waals surface area contributed by atoms with Crippen LogP contribution in [0.5, 0.6) is 0 Å². The van der Waals surface area contributed by atoms with Crippen LogP contribution in [0.25, 0.3) is 0 Å². The zero-order chi connectivity index (χ0) is 14.7. The van der Waals surface area contributed by atoms with Crippen LogP contribution in [0.2, 0.25) is 5.02 Å². The van der Waals surface area contributed by atoms with Crippen molar-refractivity contribution in [3.05, 3.63) is 34.9 Å². The SMILES string of the molecule is Cl.O=C(CNCC1CC1)N1CCSCC1c1ccc(Cl)cc1. The van der Waals surface area contributed by atoms with Crippen LogP contribution in [0.15, 0.2) is 24.3 Å². The molecule has 1 aromatic rings. The summed E-state index contributed by atoms with van der Waals surface area (Å²) >= 11 is 7.87. The van der Waals surface area contributed by atoms with E-state index in [1.165, 1.54) is 18.4 Å². The maximum absolute atomic E-state index is 12.5. The van der Waals surface area contributed by atoms with E-state index in [0.29, 0.717) is 6.54 Å². The Kier molecular flexibility index (Phi) is 6.87. The Labute approximate surface area is 147 Å². The van der Waals surface area contributed by atoms with Gasteiger partial charge in [0.1, 0.15) is 0 Å². The van der Waals surface area contributed by atoms with Gasteiger partial charge in [-0.3, -0.25) is 4.79 Å². The van der Waals surface area contributed by atoms with Gasteiger partial charge in [-0.25, -0.2) is 0 Å². The molecule has 1 heterocycles. The van der Waals surface area contributed by atoms with Gasteiger partial charge < -0.3 is 10.2 Å². The van der Waals surface area contributed by atoms with E-state index in [9.17, 15) is 4.79 Å². The van der Waals surface area contributed by atoms with E-state index < -0.39 is 0 Å². The van der Waals surface area contributed by atoms with Crippen LogP contribution in [-0.4, -0.2) is 41.9 Å². The van der Waals surface area contributed by atoms with Crippen LogP contribution in [-0.2, 0) is 4.79 Å². The lowest BCUT2D eigenvalue weighted by Gasteiger charge is -2.36. The number of amides is 1.